The van der Waals surface area contributed by atoms with Crippen molar-refractivity contribution < 1.29 is 17.5 Å². The molecule has 0 radical (unpaired) electrons. The number of sulfone groups is 1. The molecule has 134 valence electrons. The van der Waals surface area contributed by atoms with Gasteiger partial charge in [0.05, 0.1) is 16.8 Å². The van der Waals surface area contributed by atoms with Gasteiger partial charge in [-0.15, -0.1) is 0 Å². The molecule has 2 aromatic rings. The van der Waals surface area contributed by atoms with Crippen molar-refractivity contribution in [2.75, 3.05) is 20.3 Å². The topological polar surface area (TPSA) is 69.4 Å². The Kier molecular flexibility index (Phi) is 4.90. The zero-order chi connectivity index (χ0) is 18.2. The third-order valence-corrected chi connectivity index (χ3v) is 7.47. The number of hydrogen-bond donors (Lipinski definition) is 1. The third-order valence-electron chi connectivity index (χ3n) is 4.88. The molecule has 4 nitrogen and oxygen atoms in total. The maximum absolute atomic E-state index is 13.2. The molecule has 0 saturated heterocycles. The molecule has 25 heavy (non-hydrogen) atoms. The normalized spacial score (nSPS) is 25.8. The Bertz CT molecular complexity index is 855. The molecule has 0 bridgehead atoms. The lowest BCUT2D eigenvalue weighted by atomic mass is 10.00. The zero-order valence-corrected chi connectivity index (χ0v) is 15.2. The number of hydrogen-bond acceptors (Lipinski definition) is 4. The van der Waals surface area contributed by atoms with Gasteiger partial charge in [0.2, 0.25) is 0 Å². The first kappa shape index (κ1) is 18.3. The van der Waals surface area contributed by atoms with Crippen LogP contribution in [0.4, 0.5) is 4.39 Å². The maximum atomic E-state index is 13.2. The minimum Gasteiger partial charge on any atom is -0.384 e. The molecule has 1 fully saturated rings. The Balaban J connectivity index is 2.05. The van der Waals surface area contributed by atoms with Gasteiger partial charge in [0, 0.05) is 30.0 Å². The molecule has 7 heteroatoms. The van der Waals surface area contributed by atoms with Crippen LogP contribution in [0, 0.1) is 11.2 Å². The van der Waals surface area contributed by atoms with E-state index in [0.29, 0.717) is 5.02 Å². The van der Waals surface area contributed by atoms with Gasteiger partial charge in [0.25, 0.3) is 0 Å². The van der Waals surface area contributed by atoms with Crippen molar-refractivity contribution in [1.29, 1.82) is 0 Å². The fourth-order valence-corrected chi connectivity index (χ4v) is 6.20. The van der Waals surface area contributed by atoms with Crippen LogP contribution < -0.4 is 5.73 Å². The summed E-state index contributed by atoms with van der Waals surface area (Å²) < 4.78 is 44.9. The summed E-state index contributed by atoms with van der Waals surface area (Å²) in [4.78, 5) is 0.195. The standard InChI is InChI=1S/C18H19ClFNO3S/c1-24-11-18(10-21)16(12-2-6-14(20)7-3-12)17(18)25(22,23)15-8-4-13(19)5-9-15/h2-9,16-17H,10-11,21H2,1H3/t16-,17-,18+/m0/s1. The highest BCUT2D eigenvalue weighted by atomic mass is 35.5. The molecule has 3 atom stereocenters. The largest absolute Gasteiger partial charge is 0.384 e. The van der Waals surface area contributed by atoms with Gasteiger partial charge in [0.15, 0.2) is 9.84 Å². The molecule has 0 spiro atoms. The van der Waals surface area contributed by atoms with Gasteiger partial charge in [-0.2, -0.15) is 0 Å². The molecule has 0 amide bonds. The van der Waals surface area contributed by atoms with E-state index >= 15 is 0 Å². The van der Waals surface area contributed by atoms with Gasteiger partial charge in [-0.1, -0.05) is 23.7 Å². The molecule has 1 aliphatic carbocycles. The summed E-state index contributed by atoms with van der Waals surface area (Å²) in [5.41, 5.74) is 5.97. The lowest BCUT2D eigenvalue weighted by Crippen LogP contribution is -2.28. The molecular formula is C18H19ClFNO3S. The van der Waals surface area contributed by atoms with E-state index in [-0.39, 0.29) is 29.8 Å². The van der Waals surface area contributed by atoms with Gasteiger partial charge in [0.1, 0.15) is 5.82 Å². The zero-order valence-electron chi connectivity index (χ0n) is 13.7. The van der Waals surface area contributed by atoms with Crippen molar-refractivity contribution in [3.8, 4) is 0 Å². The first-order valence-corrected chi connectivity index (χ1v) is 9.73. The van der Waals surface area contributed by atoms with Crippen molar-refractivity contribution in [1.82, 2.24) is 0 Å². The van der Waals surface area contributed by atoms with Crippen molar-refractivity contribution in [2.24, 2.45) is 11.1 Å². The molecule has 1 saturated carbocycles. The lowest BCUT2D eigenvalue weighted by molar-refractivity contribution is 0.142. The van der Waals surface area contributed by atoms with Gasteiger partial charge < -0.3 is 10.5 Å². The van der Waals surface area contributed by atoms with E-state index in [0.717, 1.165) is 5.56 Å². The minimum atomic E-state index is -3.64. The monoisotopic (exact) mass is 383 g/mol. The van der Waals surface area contributed by atoms with Crippen LogP contribution in [-0.4, -0.2) is 33.9 Å². The van der Waals surface area contributed by atoms with Crippen LogP contribution in [0.1, 0.15) is 11.5 Å². The van der Waals surface area contributed by atoms with Crippen LogP contribution >= 0.6 is 11.6 Å². The molecular weight excluding hydrogens is 365 g/mol. The Morgan fingerprint density at radius 1 is 1.16 bits per heavy atom. The fraction of sp³-hybridized carbons (Fsp3) is 0.333. The van der Waals surface area contributed by atoms with E-state index in [1.54, 1.807) is 24.3 Å². The summed E-state index contributed by atoms with van der Waals surface area (Å²) >= 11 is 5.86. The molecule has 2 aromatic carbocycles. The maximum Gasteiger partial charge on any atom is 0.182 e. The minimum absolute atomic E-state index is 0.153. The molecule has 0 aliphatic heterocycles. The number of halogens is 2. The summed E-state index contributed by atoms with van der Waals surface area (Å²) in [7, 11) is -2.13. The van der Waals surface area contributed by atoms with E-state index in [1.165, 1.54) is 31.4 Å². The third kappa shape index (κ3) is 3.08. The van der Waals surface area contributed by atoms with E-state index in [2.05, 4.69) is 0 Å². The molecule has 0 aromatic heterocycles. The van der Waals surface area contributed by atoms with Gasteiger partial charge in [-0.3, -0.25) is 0 Å². The average Bonchev–Trinajstić information content (AvgIpc) is 3.26. The van der Waals surface area contributed by atoms with Gasteiger partial charge >= 0.3 is 0 Å². The highest BCUT2D eigenvalue weighted by Crippen LogP contribution is 2.63. The van der Waals surface area contributed by atoms with Crippen LogP contribution in [0.5, 0.6) is 0 Å². The SMILES string of the molecule is COC[C@]1(CN)[C@@H](c2ccc(F)cc2)[C@@H]1S(=O)(=O)c1ccc(Cl)cc1. The Hall–Kier alpha value is -1.47. The fourth-order valence-electron chi connectivity index (χ4n) is 3.63. The Labute approximate surface area is 151 Å². The molecule has 2 N–H and O–H groups in total. The van der Waals surface area contributed by atoms with E-state index in [1.807, 2.05) is 0 Å². The second-order valence-corrected chi connectivity index (χ2v) is 8.82. The Morgan fingerprint density at radius 3 is 2.28 bits per heavy atom. The van der Waals surface area contributed by atoms with Gasteiger partial charge in [-0.05, 0) is 42.0 Å². The van der Waals surface area contributed by atoms with Crippen LogP contribution in [0.2, 0.25) is 5.02 Å². The second kappa shape index (κ2) is 6.68. The molecule has 1 aliphatic rings. The van der Waals surface area contributed by atoms with Crippen LogP contribution in [-0.2, 0) is 14.6 Å². The van der Waals surface area contributed by atoms with E-state index in [9.17, 15) is 12.8 Å². The smallest absolute Gasteiger partial charge is 0.182 e. The molecule has 3 rings (SSSR count). The van der Waals surface area contributed by atoms with Gasteiger partial charge in [-0.25, -0.2) is 12.8 Å². The number of methoxy groups -OCH3 is 1. The van der Waals surface area contributed by atoms with Crippen molar-refractivity contribution >= 4 is 21.4 Å². The first-order chi connectivity index (χ1) is 11.9. The number of benzene rings is 2. The van der Waals surface area contributed by atoms with E-state index < -0.39 is 20.5 Å². The molecule has 0 heterocycles. The van der Waals surface area contributed by atoms with Crippen LogP contribution in [0.25, 0.3) is 0 Å². The summed E-state index contributed by atoms with van der Waals surface area (Å²) in [5, 5.41) is -0.261. The van der Waals surface area contributed by atoms with Crippen LogP contribution in [0.3, 0.4) is 0 Å². The van der Waals surface area contributed by atoms with Crippen molar-refractivity contribution in [3.63, 3.8) is 0 Å². The number of rotatable bonds is 6. The number of ether oxygens (including phenoxy) is 1. The summed E-state index contributed by atoms with van der Waals surface area (Å²) in [6, 6.07) is 11.9. The Morgan fingerprint density at radius 2 is 1.76 bits per heavy atom. The van der Waals surface area contributed by atoms with E-state index in [4.69, 9.17) is 22.1 Å². The van der Waals surface area contributed by atoms with Crippen molar-refractivity contribution in [2.45, 2.75) is 16.1 Å². The average molecular weight is 384 g/mol. The summed E-state index contributed by atoms with van der Waals surface area (Å²) in [6.07, 6.45) is 0. The predicted molar refractivity (Wildman–Crippen MR) is 94.9 cm³/mol. The lowest BCUT2D eigenvalue weighted by Gasteiger charge is -2.15. The molecule has 0 unspecified atom stereocenters. The highest BCUT2D eigenvalue weighted by Gasteiger charge is 2.70. The second-order valence-electron chi connectivity index (χ2n) is 6.32. The summed E-state index contributed by atoms with van der Waals surface area (Å²) in [6.45, 7) is 0.364. The van der Waals surface area contributed by atoms with Crippen LogP contribution in [0.15, 0.2) is 53.4 Å². The first-order valence-electron chi connectivity index (χ1n) is 7.81. The van der Waals surface area contributed by atoms with Crippen molar-refractivity contribution in [3.05, 3.63) is 64.9 Å². The predicted octanol–water partition coefficient (Wildman–Crippen LogP) is 3.01. The number of nitrogens with two attached hydrogens (primary N) is 1. The summed E-state index contributed by atoms with van der Waals surface area (Å²) in [5.74, 6) is -0.717. The highest BCUT2D eigenvalue weighted by molar-refractivity contribution is 7.92. The quantitative estimate of drug-likeness (QED) is 0.832.